The lowest BCUT2D eigenvalue weighted by molar-refractivity contribution is 0.646. The first-order valence-corrected chi connectivity index (χ1v) is 14.9. The Morgan fingerprint density at radius 3 is 2.07 bits per heavy atom. The standard InChI is InChI=1S/C39H27BN2/c1-39(2)29-15-7-8-16-31(29)40-32-17-9-11-19-34(32)42-36-23-35-27(22-28(36)26-20-21-30(39)37(40)38(26)42)25-14-6-10-18-33(25)41(35)24-12-4-3-5-13-24/h3-23H,1-2H3. The predicted octanol–water partition coefficient (Wildman–Crippen LogP) is 7.35. The molecule has 0 spiro atoms. The van der Waals surface area contributed by atoms with Crippen LogP contribution in [0.25, 0.3) is 55.0 Å². The molecule has 0 bridgehead atoms. The Labute approximate surface area is 244 Å². The Hall–Kier alpha value is -5.02. The molecule has 0 saturated heterocycles. The summed E-state index contributed by atoms with van der Waals surface area (Å²) in [6.07, 6.45) is 0. The minimum absolute atomic E-state index is 0.0744. The van der Waals surface area contributed by atoms with Gasteiger partial charge in [0.05, 0.1) is 16.6 Å². The van der Waals surface area contributed by atoms with Gasteiger partial charge in [-0.3, -0.25) is 0 Å². The summed E-state index contributed by atoms with van der Waals surface area (Å²) in [5, 5.41) is 5.26. The number of hydrogen-bond acceptors (Lipinski definition) is 0. The molecule has 6 aromatic carbocycles. The lowest BCUT2D eigenvalue weighted by Gasteiger charge is -2.41. The molecular formula is C39H27BN2. The first-order chi connectivity index (χ1) is 20.6. The van der Waals surface area contributed by atoms with Gasteiger partial charge in [-0.05, 0) is 58.5 Å². The monoisotopic (exact) mass is 534 g/mol. The lowest BCUT2D eigenvalue weighted by atomic mass is 9.30. The Balaban J connectivity index is 1.43. The molecule has 8 aromatic rings. The molecule has 0 saturated carbocycles. The van der Waals surface area contributed by atoms with E-state index in [4.69, 9.17) is 0 Å². The summed E-state index contributed by atoms with van der Waals surface area (Å²) in [5.41, 5.74) is 14.7. The number of hydrogen-bond donors (Lipinski definition) is 0. The Bertz CT molecular complexity index is 2440. The second-order valence-electron chi connectivity index (χ2n) is 12.5. The average molecular weight is 534 g/mol. The SMILES string of the molecule is CC1(C)c2ccccc2B2c3ccccc3-n3c4cc5c(cc4c4ccc1c2c43)c1ccccc1n5-c1ccccc1. The van der Waals surface area contributed by atoms with Gasteiger partial charge in [0.1, 0.15) is 0 Å². The van der Waals surface area contributed by atoms with Crippen molar-refractivity contribution < 1.29 is 0 Å². The fourth-order valence-corrected chi connectivity index (χ4v) is 8.41. The van der Waals surface area contributed by atoms with Crippen LogP contribution in [0.3, 0.4) is 0 Å². The highest BCUT2D eigenvalue weighted by atomic mass is 15.0. The van der Waals surface area contributed by atoms with Crippen LogP contribution in [-0.4, -0.2) is 15.8 Å². The van der Waals surface area contributed by atoms with E-state index in [-0.39, 0.29) is 12.1 Å². The van der Waals surface area contributed by atoms with Gasteiger partial charge in [0.25, 0.3) is 0 Å². The third-order valence-corrected chi connectivity index (χ3v) is 10.2. The van der Waals surface area contributed by atoms with Crippen LogP contribution in [0.2, 0.25) is 0 Å². The summed E-state index contributed by atoms with van der Waals surface area (Å²) in [6, 6.07) is 47.6. The van der Waals surface area contributed by atoms with Crippen LogP contribution in [0.1, 0.15) is 25.0 Å². The number of nitrogens with zero attached hydrogens (tertiary/aromatic N) is 2. The van der Waals surface area contributed by atoms with Gasteiger partial charge in [-0.15, -0.1) is 0 Å². The van der Waals surface area contributed by atoms with Gasteiger partial charge in [0, 0.05) is 43.9 Å². The molecule has 42 heavy (non-hydrogen) atoms. The highest BCUT2D eigenvalue weighted by Crippen LogP contribution is 2.43. The number of para-hydroxylation sites is 3. The summed E-state index contributed by atoms with van der Waals surface area (Å²) in [5.74, 6) is 0. The van der Waals surface area contributed by atoms with Crippen molar-refractivity contribution >= 4 is 66.7 Å². The topological polar surface area (TPSA) is 9.86 Å². The van der Waals surface area contributed by atoms with Crippen molar-refractivity contribution in [3.8, 4) is 11.4 Å². The summed E-state index contributed by atoms with van der Waals surface area (Å²) in [7, 11) is 0. The van der Waals surface area contributed by atoms with E-state index in [0.29, 0.717) is 0 Å². The summed E-state index contributed by atoms with van der Waals surface area (Å²) >= 11 is 0. The fraction of sp³-hybridized carbons (Fsp3) is 0.0769. The second-order valence-corrected chi connectivity index (χ2v) is 12.5. The molecular weight excluding hydrogens is 507 g/mol. The van der Waals surface area contributed by atoms with E-state index in [1.54, 1.807) is 0 Å². The van der Waals surface area contributed by atoms with Gasteiger partial charge < -0.3 is 9.13 Å². The van der Waals surface area contributed by atoms with Crippen LogP contribution in [0.15, 0.2) is 127 Å². The molecule has 10 rings (SSSR count). The summed E-state index contributed by atoms with van der Waals surface area (Å²) in [4.78, 5) is 0. The van der Waals surface area contributed by atoms with E-state index < -0.39 is 0 Å². The third kappa shape index (κ3) is 2.59. The molecule has 0 N–H and O–H groups in total. The zero-order chi connectivity index (χ0) is 27.7. The van der Waals surface area contributed by atoms with Crippen LogP contribution >= 0.6 is 0 Å². The van der Waals surface area contributed by atoms with Crippen molar-refractivity contribution in [2.75, 3.05) is 0 Å². The Morgan fingerprint density at radius 1 is 0.500 bits per heavy atom. The van der Waals surface area contributed by atoms with Crippen LogP contribution in [0, 0.1) is 0 Å². The summed E-state index contributed by atoms with van der Waals surface area (Å²) < 4.78 is 5.01. The molecule has 3 heteroatoms. The van der Waals surface area contributed by atoms with E-state index in [1.807, 2.05) is 0 Å². The minimum atomic E-state index is -0.0744. The smallest absolute Gasteiger partial charge is 0.247 e. The van der Waals surface area contributed by atoms with E-state index in [1.165, 1.54) is 82.5 Å². The van der Waals surface area contributed by atoms with E-state index in [2.05, 4.69) is 150 Å². The van der Waals surface area contributed by atoms with Gasteiger partial charge >= 0.3 is 0 Å². The van der Waals surface area contributed by atoms with E-state index in [9.17, 15) is 0 Å². The molecule has 0 amide bonds. The Morgan fingerprint density at radius 2 is 1.19 bits per heavy atom. The van der Waals surface area contributed by atoms with E-state index in [0.717, 1.165) is 0 Å². The first kappa shape index (κ1) is 22.6. The number of rotatable bonds is 1. The number of aromatic nitrogens is 2. The van der Waals surface area contributed by atoms with Gasteiger partial charge in [-0.2, -0.15) is 0 Å². The van der Waals surface area contributed by atoms with Gasteiger partial charge in [0.2, 0.25) is 6.71 Å². The van der Waals surface area contributed by atoms with Crippen molar-refractivity contribution in [2.24, 2.45) is 0 Å². The molecule has 0 radical (unpaired) electrons. The van der Waals surface area contributed by atoms with E-state index >= 15 is 0 Å². The van der Waals surface area contributed by atoms with Crippen molar-refractivity contribution in [3.63, 3.8) is 0 Å². The van der Waals surface area contributed by atoms with Crippen LogP contribution in [0.4, 0.5) is 0 Å². The van der Waals surface area contributed by atoms with Crippen molar-refractivity contribution in [1.29, 1.82) is 0 Å². The zero-order valence-electron chi connectivity index (χ0n) is 23.6. The summed E-state index contributed by atoms with van der Waals surface area (Å²) in [6.45, 7) is 5.03. The van der Waals surface area contributed by atoms with Crippen LogP contribution in [-0.2, 0) is 5.41 Å². The normalized spacial score (nSPS) is 14.6. The largest absolute Gasteiger partial charge is 0.310 e. The molecule has 4 heterocycles. The number of benzene rings is 6. The first-order valence-electron chi connectivity index (χ1n) is 14.9. The predicted molar refractivity (Wildman–Crippen MR) is 178 cm³/mol. The highest BCUT2D eigenvalue weighted by Gasteiger charge is 2.44. The molecule has 2 aromatic heterocycles. The van der Waals surface area contributed by atoms with Gasteiger partial charge in [-0.25, -0.2) is 0 Å². The Kier molecular flexibility index (Phi) is 4.11. The van der Waals surface area contributed by atoms with Gasteiger partial charge in [-0.1, -0.05) is 110 Å². The molecule has 196 valence electrons. The molecule has 2 aliphatic heterocycles. The molecule has 0 fully saturated rings. The highest BCUT2D eigenvalue weighted by molar-refractivity contribution is 6.99. The minimum Gasteiger partial charge on any atom is -0.310 e. The van der Waals surface area contributed by atoms with Crippen molar-refractivity contribution in [3.05, 3.63) is 139 Å². The van der Waals surface area contributed by atoms with Crippen molar-refractivity contribution in [1.82, 2.24) is 9.13 Å². The molecule has 0 atom stereocenters. The quantitative estimate of drug-likeness (QED) is 0.195. The zero-order valence-corrected chi connectivity index (χ0v) is 23.6. The molecule has 2 aliphatic rings. The molecule has 0 unspecified atom stereocenters. The number of fused-ring (bicyclic) bond motifs is 11. The maximum atomic E-state index is 2.58. The van der Waals surface area contributed by atoms with Crippen molar-refractivity contribution in [2.45, 2.75) is 19.3 Å². The lowest BCUT2D eigenvalue weighted by Crippen LogP contribution is -2.63. The van der Waals surface area contributed by atoms with Crippen LogP contribution in [0.5, 0.6) is 0 Å². The second kappa shape index (κ2) is 7.63. The molecule has 0 aliphatic carbocycles. The fourth-order valence-electron chi connectivity index (χ4n) is 8.41. The van der Waals surface area contributed by atoms with Gasteiger partial charge in [0.15, 0.2) is 0 Å². The van der Waals surface area contributed by atoms with Crippen LogP contribution < -0.4 is 16.4 Å². The maximum Gasteiger partial charge on any atom is 0.247 e. The average Bonchev–Trinajstić information content (AvgIpc) is 3.53. The maximum absolute atomic E-state index is 2.58. The third-order valence-electron chi connectivity index (χ3n) is 10.2. The molecule has 2 nitrogen and oxygen atoms in total.